The third-order valence-electron chi connectivity index (χ3n) is 2.76. The van der Waals surface area contributed by atoms with Crippen LogP contribution in [0.4, 0.5) is 0 Å². The van der Waals surface area contributed by atoms with Crippen molar-refractivity contribution in [2.75, 3.05) is 13.7 Å². The monoisotopic (exact) mass is 253 g/mol. The number of rotatable bonds is 5. The quantitative estimate of drug-likeness (QED) is 0.868. The second-order valence-electron chi connectivity index (χ2n) is 5.56. The maximum absolute atomic E-state index is 11.8. The van der Waals surface area contributed by atoms with E-state index < -0.39 is 0 Å². The fourth-order valence-electron chi connectivity index (χ4n) is 1.82. The summed E-state index contributed by atoms with van der Waals surface area (Å²) in [6, 6.07) is -0.0458. The molecule has 0 radical (unpaired) electrons. The van der Waals surface area contributed by atoms with Crippen molar-refractivity contribution in [1.29, 1.82) is 0 Å². The molecular weight excluding hydrogens is 230 g/mol. The van der Waals surface area contributed by atoms with E-state index in [9.17, 15) is 4.79 Å². The highest BCUT2D eigenvalue weighted by Crippen LogP contribution is 2.32. The molecule has 102 valence electrons. The van der Waals surface area contributed by atoms with E-state index in [-0.39, 0.29) is 17.4 Å². The first-order valence-corrected chi connectivity index (χ1v) is 6.11. The van der Waals surface area contributed by atoms with Gasteiger partial charge in [0.25, 0.3) is 0 Å². The van der Waals surface area contributed by atoms with Gasteiger partial charge >= 0.3 is 0 Å². The Morgan fingerprint density at radius 3 is 2.67 bits per heavy atom. The Morgan fingerprint density at radius 2 is 2.22 bits per heavy atom. The molecule has 0 aliphatic heterocycles. The molecule has 0 aromatic carbocycles. The van der Waals surface area contributed by atoms with Crippen LogP contribution in [0.2, 0.25) is 0 Å². The highest BCUT2D eigenvalue weighted by atomic mass is 16.5. The fraction of sp³-hybridized carbons (Fsp3) is 0.692. The van der Waals surface area contributed by atoms with Crippen LogP contribution in [0, 0.1) is 5.41 Å². The number of carbonyl (C=O) groups excluding carboxylic acids is 1. The lowest BCUT2D eigenvalue weighted by molar-refractivity contribution is -0.123. The molecule has 0 saturated heterocycles. The van der Waals surface area contributed by atoms with Gasteiger partial charge in [-0.15, -0.1) is 0 Å². The number of carbonyl (C=O) groups is 1. The number of nitrogens with one attached hydrogen (secondary N) is 1. The summed E-state index contributed by atoms with van der Waals surface area (Å²) in [5.74, 6) is 0.000582. The highest BCUT2D eigenvalue weighted by Gasteiger charge is 2.28. The third kappa shape index (κ3) is 4.14. The van der Waals surface area contributed by atoms with E-state index in [1.807, 2.05) is 13.2 Å². The summed E-state index contributed by atoms with van der Waals surface area (Å²) in [7, 11) is 3.46. The molecule has 1 N–H and O–H groups in total. The van der Waals surface area contributed by atoms with Gasteiger partial charge in [-0.05, 0) is 5.41 Å². The van der Waals surface area contributed by atoms with Crippen LogP contribution in [0.15, 0.2) is 12.4 Å². The molecule has 0 fully saturated rings. The molecule has 1 amide bonds. The van der Waals surface area contributed by atoms with E-state index in [1.165, 1.54) is 0 Å². The number of ether oxygens (including phenoxy) is 1. The van der Waals surface area contributed by atoms with E-state index in [2.05, 4.69) is 31.2 Å². The van der Waals surface area contributed by atoms with E-state index in [1.54, 1.807) is 18.0 Å². The van der Waals surface area contributed by atoms with Crippen molar-refractivity contribution in [2.45, 2.75) is 33.2 Å². The van der Waals surface area contributed by atoms with Gasteiger partial charge in [0.1, 0.15) is 0 Å². The lowest BCUT2D eigenvalue weighted by Gasteiger charge is -2.30. The van der Waals surface area contributed by atoms with E-state index in [0.717, 1.165) is 5.56 Å². The summed E-state index contributed by atoms with van der Waals surface area (Å²) in [6.07, 6.45) is 4.11. The lowest BCUT2D eigenvalue weighted by atomic mass is 9.83. The van der Waals surface area contributed by atoms with Gasteiger partial charge in [0.15, 0.2) is 0 Å². The summed E-state index contributed by atoms with van der Waals surface area (Å²) >= 11 is 0. The van der Waals surface area contributed by atoms with Gasteiger partial charge in [0, 0.05) is 32.3 Å². The molecule has 1 aromatic heterocycles. The number of amides is 1. The molecule has 0 spiro atoms. The molecular formula is C13H23N3O2. The number of aromatic nitrogens is 2. The van der Waals surface area contributed by atoms with Crippen LogP contribution in [0.1, 0.15) is 38.8 Å². The van der Waals surface area contributed by atoms with Crippen molar-refractivity contribution in [3.8, 4) is 0 Å². The first kappa shape index (κ1) is 14.7. The minimum absolute atomic E-state index is 0.000582. The molecule has 5 nitrogen and oxygen atoms in total. The summed E-state index contributed by atoms with van der Waals surface area (Å²) in [4.78, 5) is 11.8. The molecule has 1 unspecified atom stereocenters. The van der Waals surface area contributed by atoms with Gasteiger partial charge < -0.3 is 10.1 Å². The second kappa shape index (κ2) is 6.00. The standard InChI is InChI=1S/C13H23N3O2/c1-13(2,3)12(10-8-14-16(4)9-10)15-11(17)6-7-18-5/h8-9,12H,6-7H2,1-5H3,(H,15,17). The average molecular weight is 253 g/mol. The summed E-state index contributed by atoms with van der Waals surface area (Å²) in [6.45, 7) is 6.74. The second-order valence-corrected chi connectivity index (χ2v) is 5.56. The molecule has 0 bridgehead atoms. The van der Waals surface area contributed by atoms with Crippen LogP contribution < -0.4 is 5.32 Å². The third-order valence-corrected chi connectivity index (χ3v) is 2.76. The molecule has 1 heterocycles. The molecule has 0 saturated carbocycles. The van der Waals surface area contributed by atoms with Crippen molar-refractivity contribution in [3.63, 3.8) is 0 Å². The highest BCUT2D eigenvalue weighted by molar-refractivity contribution is 5.76. The summed E-state index contributed by atoms with van der Waals surface area (Å²) in [5, 5.41) is 7.21. The Balaban J connectivity index is 2.78. The largest absolute Gasteiger partial charge is 0.384 e. The molecule has 18 heavy (non-hydrogen) atoms. The number of hydrogen-bond donors (Lipinski definition) is 1. The Morgan fingerprint density at radius 1 is 1.56 bits per heavy atom. The van der Waals surface area contributed by atoms with Gasteiger partial charge in [0.05, 0.1) is 18.8 Å². The Labute approximate surface area is 109 Å². The predicted octanol–water partition coefficient (Wildman–Crippen LogP) is 1.66. The van der Waals surface area contributed by atoms with Gasteiger partial charge in [-0.1, -0.05) is 20.8 Å². The Kier molecular flexibility index (Phi) is 4.90. The molecule has 0 aliphatic carbocycles. The topological polar surface area (TPSA) is 56.1 Å². The summed E-state index contributed by atoms with van der Waals surface area (Å²) < 4.78 is 6.66. The van der Waals surface area contributed by atoms with Crippen molar-refractivity contribution < 1.29 is 9.53 Å². The summed E-state index contributed by atoms with van der Waals surface area (Å²) in [5.41, 5.74) is 0.960. The van der Waals surface area contributed by atoms with Crippen LogP contribution in [0.5, 0.6) is 0 Å². The van der Waals surface area contributed by atoms with Gasteiger partial charge in [-0.2, -0.15) is 5.10 Å². The first-order valence-electron chi connectivity index (χ1n) is 6.11. The zero-order valence-corrected chi connectivity index (χ0v) is 11.9. The number of nitrogens with zero attached hydrogens (tertiary/aromatic N) is 2. The number of methoxy groups -OCH3 is 1. The SMILES string of the molecule is COCCC(=O)NC(c1cnn(C)c1)C(C)(C)C. The molecule has 1 atom stereocenters. The van der Waals surface area contributed by atoms with Crippen molar-refractivity contribution in [3.05, 3.63) is 18.0 Å². The van der Waals surface area contributed by atoms with Gasteiger partial charge in [-0.3, -0.25) is 9.48 Å². The van der Waals surface area contributed by atoms with E-state index >= 15 is 0 Å². The Hall–Kier alpha value is -1.36. The Bertz CT molecular complexity index is 393. The van der Waals surface area contributed by atoms with Crippen molar-refractivity contribution in [2.24, 2.45) is 12.5 Å². The fourth-order valence-corrected chi connectivity index (χ4v) is 1.82. The molecule has 1 rings (SSSR count). The first-order chi connectivity index (χ1) is 8.34. The predicted molar refractivity (Wildman–Crippen MR) is 70.0 cm³/mol. The molecule has 1 aromatic rings. The smallest absolute Gasteiger partial charge is 0.222 e. The molecule has 0 aliphatic rings. The van der Waals surface area contributed by atoms with Gasteiger partial charge in [0.2, 0.25) is 5.91 Å². The normalized spacial score (nSPS) is 13.4. The maximum atomic E-state index is 11.8. The van der Waals surface area contributed by atoms with Crippen molar-refractivity contribution in [1.82, 2.24) is 15.1 Å². The maximum Gasteiger partial charge on any atom is 0.222 e. The van der Waals surface area contributed by atoms with Crippen LogP contribution >= 0.6 is 0 Å². The van der Waals surface area contributed by atoms with E-state index in [4.69, 9.17) is 4.74 Å². The molecule has 5 heteroatoms. The van der Waals surface area contributed by atoms with Crippen LogP contribution in [0.25, 0.3) is 0 Å². The van der Waals surface area contributed by atoms with Crippen LogP contribution in [0.3, 0.4) is 0 Å². The van der Waals surface area contributed by atoms with Crippen molar-refractivity contribution >= 4 is 5.91 Å². The van der Waals surface area contributed by atoms with E-state index in [0.29, 0.717) is 13.0 Å². The lowest BCUT2D eigenvalue weighted by Crippen LogP contribution is -2.36. The zero-order valence-electron chi connectivity index (χ0n) is 11.9. The minimum atomic E-state index is -0.0637. The number of hydrogen-bond acceptors (Lipinski definition) is 3. The average Bonchev–Trinajstić information content (AvgIpc) is 2.68. The zero-order chi connectivity index (χ0) is 13.8. The van der Waals surface area contributed by atoms with Gasteiger partial charge in [-0.25, -0.2) is 0 Å². The van der Waals surface area contributed by atoms with Crippen LogP contribution in [-0.4, -0.2) is 29.4 Å². The number of aryl methyl sites for hydroxylation is 1. The van der Waals surface area contributed by atoms with Crippen LogP contribution in [-0.2, 0) is 16.6 Å². The minimum Gasteiger partial charge on any atom is -0.384 e.